The van der Waals surface area contributed by atoms with Gasteiger partial charge in [-0.05, 0) is 69.8 Å². The third-order valence-electron chi connectivity index (χ3n) is 7.25. The SMILES string of the molecule is CC1CCC(NC(=O)C2CCN(S(=O)(=O)c3cc(C(=O)N4CCCCC4)cs3)CC2)CC1. The molecule has 178 valence electrons. The van der Waals surface area contributed by atoms with Gasteiger partial charge in [-0.2, -0.15) is 4.31 Å². The van der Waals surface area contributed by atoms with E-state index in [9.17, 15) is 18.0 Å². The lowest BCUT2D eigenvalue weighted by Gasteiger charge is -2.32. The Morgan fingerprint density at radius 2 is 1.62 bits per heavy atom. The number of carbonyl (C=O) groups is 2. The van der Waals surface area contributed by atoms with E-state index in [4.69, 9.17) is 0 Å². The van der Waals surface area contributed by atoms with Crippen molar-refractivity contribution >= 4 is 33.2 Å². The summed E-state index contributed by atoms with van der Waals surface area (Å²) in [6.07, 6.45) is 8.62. The van der Waals surface area contributed by atoms with Crippen LogP contribution in [0.5, 0.6) is 0 Å². The molecule has 4 rings (SSSR count). The van der Waals surface area contributed by atoms with Gasteiger partial charge in [0.25, 0.3) is 15.9 Å². The van der Waals surface area contributed by atoms with E-state index in [0.29, 0.717) is 31.5 Å². The standard InChI is InChI=1S/C23H35N3O4S2/c1-17-5-7-20(8-6-17)24-22(27)18-9-13-26(14-10-18)32(29,30)21-15-19(16-31-21)23(28)25-11-3-2-4-12-25/h15-18,20H,2-14H2,1H3,(H,24,27). The van der Waals surface area contributed by atoms with Crippen molar-refractivity contribution in [2.24, 2.45) is 11.8 Å². The molecule has 1 aromatic heterocycles. The molecule has 2 saturated heterocycles. The average Bonchev–Trinajstić information content (AvgIpc) is 3.32. The van der Waals surface area contributed by atoms with Gasteiger partial charge in [0.05, 0.1) is 5.56 Å². The molecule has 1 saturated carbocycles. The highest BCUT2D eigenvalue weighted by atomic mass is 32.2. The normalized spacial score (nSPS) is 26.1. The van der Waals surface area contributed by atoms with Gasteiger partial charge in [-0.1, -0.05) is 6.92 Å². The van der Waals surface area contributed by atoms with Gasteiger partial charge in [0.1, 0.15) is 4.21 Å². The maximum absolute atomic E-state index is 13.1. The molecule has 3 heterocycles. The number of amides is 2. The first kappa shape index (κ1) is 23.7. The van der Waals surface area contributed by atoms with Crippen molar-refractivity contribution in [1.82, 2.24) is 14.5 Å². The van der Waals surface area contributed by atoms with Crippen LogP contribution in [0.15, 0.2) is 15.7 Å². The number of likely N-dealkylation sites (tertiary alicyclic amines) is 1. The summed E-state index contributed by atoms with van der Waals surface area (Å²) in [5.41, 5.74) is 0.464. The molecule has 0 unspecified atom stereocenters. The summed E-state index contributed by atoms with van der Waals surface area (Å²) in [6.45, 7) is 4.43. The molecule has 0 bridgehead atoms. The molecule has 1 aromatic rings. The highest BCUT2D eigenvalue weighted by molar-refractivity contribution is 7.91. The molecule has 0 radical (unpaired) electrons. The summed E-state index contributed by atoms with van der Waals surface area (Å²) in [7, 11) is -3.64. The number of nitrogens with one attached hydrogen (secondary N) is 1. The molecule has 32 heavy (non-hydrogen) atoms. The monoisotopic (exact) mass is 481 g/mol. The van der Waals surface area contributed by atoms with Crippen LogP contribution in [0.3, 0.4) is 0 Å². The summed E-state index contributed by atoms with van der Waals surface area (Å²) in [5.74, 6) is 0.618. The first-order valence-electron chi connectivity index (χ1n) is 12.0. The van der Waals surface area contributed by atoms with Crippen molar-refractivity contribution in [3.8, 4) is 0 Å². The van der Waals surface area contributed by atoms with Gasteiger partial charge in [-0.25, -0.2) is 8.42 Å². The van der Waals surface area contributed by atoms with Gasteiger partial charge < -0.3 is 10.2 Å². The van der Waals surface area contributed by atoms with Gasteiger partial charge in [0.2, 0.25) is 5.91 Å². The molecule has 0 spiro atoms. The predicted molar refractivity (Wildman–Crippen MR) is 125 cm³/mol. The summed E-state index contributed by atoms with van der Waals surface area (Å²) in [6, 6.07) is 1.79. The maximum atomic E-state index is 13.1. The van der Waals surface area contributed by atoms with E-state index >= 15 is 0 Å². The summed E-state index contributed by atoms with van der Waals surface area (Å²) >= 11 is 1.12. The molecule has 2 aliphatic heterocycles. The Hall–Kier alpha value is -1.45. The third kappa shape index (κ3) is 5.37. The second-order valence-electron chi connectivity index (χ2n) is 9.65. The van der Waals surface area contributed by atoms with Gasteiger partial charge in [-0.15, -0.1) is 11.3 Å². The van der Waals surface area contributed by atoms with E-state index in [1.54, 1.807) is 5.38 Å². The fourth-order valence-electron chi connectivity index (χ4n) is 5.05. The van der Waals surface area contributed by atoms with Crippen molar-refractivity contribution in [1.29, 1.82) is 0 Å². The van der Waals surface area contributed by atoms with Gasteiger partial charge in [0, 0.05) is 43.5 Å². The van der Waals surface area contributed by atoms with Crippen LogP contribution >= 0.6 is 11.3 Å². The lowest BCUT2D eigenvalue weighted by molar-refractivity contribution is -0.127. The molecule has 3 aliphatic rings. The summed E-state index contributed by atoms with van der Waals surface area (Å²) in [5, 5.41) is 4.86. The van der Waals surface area contributed by atoms with Crippen molar-refractivity contribution < 1.29 is 18.0 Å². The quantitative estimate of drug-likeness (QED) is 0.698. The molecular weight excluding hydrogens is 446 g/mol. The van der Waals surface area contributed by atoms with Gasteiger partial charge in [0.15, 0.2) is 0 Å². The Morgan fingerprint density at radius 3 is 2.28 bits per heavy atom. The Kier molecular flexibility index (Phi) is 7.57. The van der Waals surface area contributed by atoms with Gasteiger partial charge >= 0.3 is 0 Å². The number of carbonyl (C=O) groups excluding carboxylic acids is 2. The predicted octanol–water partition coefficient (Wildman–Crippen LogP) is 3.47. The minimum atomic E-state index is -3.64. The Balaban J connectivity index is 1.31. The topological polar surface area (TPSA) is 86.8 Å². The minimum Gasteiger partial charge on any atom is -0.353 e. The lowest BCUT2D eigenvalue weighted by atomic mass is 9.87. The zero-order valence-corrected chi connectivity index (χ0v) is 20.6. The van der Waals surface area contributed by atoms with Crippen LogP contribution in [0.4, 0.5) is 0 Å². The number of nitrogens with zero attached hydrogens (tertiary/aromatic N) is 2. The van der Waals surface area contributed by atoms with E-state index in [-0.39, 0.29) is 28.0 Å². The largest absolute Gasteiger partial charge is 0.353 e. The molecule has 2 amide bonds. The van der Waals surface area contributed by atoms with Crippen molar-refractivity contribution in [3.05, 3.63) is 17.0 Å². The summed E-state index contributed by atoms with van der Waals surface area (Å²) in [4.78, 5) is 27.2. The highest BCUT2D eigenvalue weighted by Crippen LogP contribution is 2.30. The van der Waals surface area contributed by atoms with E-state index in [1.165, 1.54) is 10.4 Å². The molecule has 0 atom stereocenters. The summed E-state index contributed by atoms with van der Waals surface area (Å²) < 4.78 is 28.0. The average molecular weight is 482 g/mol. The number of hydrogen-bond donors (Lipinski definition) is 1. The van der Waals surface area contributed by atoms with Crippen LogP contribution in [-0.4, -0.2) is 61.7 Å². The Labute approximate surface area is 195 Å². The number of sulfonamides is 1. The molecule has 1 aliphatic carbocycles. The maximum Gasteiger partial charge on any atom is 0.254 e. The fraction of sp³-hybridized carbons (Fsp3) is 0.739. The first-order valence-corrected chi connectivity index (χ1v) is 14.3. The van der Waals surface area contributed by atoms with Crippen molar-refractivity contribution in [2.75, 3.05) is 26.2 Å². The van der Waals surface area contributed by atoms with Gasteiger partial charge in [-0.3, -0.25) is 9.59 Å². The Bertz CT molecular complexity index is 907. The molecular formula is C23H35N3O4S2. The van der Waals surface area contributed by atoms with Crippen LogP contribution in [0.2, 0.25) is 0 Å². The molecule has 1 N–H and O–H groups in total. The zero-order valence-electron chi connectivity index (χ0n) is 18.9. The van der Waals surface area contributed by atoms with Crippen molar-refractivity contribution in [2.45, 2.75) is 75.0 Å². The van der Waals surface area contributed by atoms with Crippen LogP contribution < -0.4 is 5.32 Å². The van der Waals surface area contributed by atoms with Crippen LogP contribution in [0, 0.1) is 11.8 Å². The van der Waals surface area contributed by atoms with E-state index in [0.717, 1.165) is 75.3 Å². The lowest BCUT2D eigenvalue weighted by Crippen LogP contribution is -2.45. The zero-order chi connectivity index (χ0) is 22.7. The van der Waals surface area contributed by atoms with Crippen LogP contribution in [0.25, 0.3) is 0 Å². The van der Waals surface area contributed by atoms with E-state index in [2.05, 4.69) is 12.2 Å². The van der Waals surface area contributed by atoms with E-state index in [1.807, 2.05) is 4.90 Å². The smallest absolute Gasteiger partial charge is 0.254 e. The number of hydrogen-bond acceptors (Lipinski definition) is 5. The van der Waals surface area contributed by atoms with Crippen LogP contribution in [0.1, 0.15) is 75.1 Å². The highest BCUT2D eigenvalue weighted by Gasteiger charge is 2.34. The third-order valence-corrected chi connectivity index (χ3v) is 10.6. The number of thiophene rings is 1. The molecule has 7 nitrogen and oxygen atoms in total. The second kappa shape index (κ2) is 10.2. The first-order chi connectivity index (χ1) is 15.3. The molecule has 0 aromatic carbocycles. The second-order valence-corrected chi connectivity index (χ2v) is 12.7. The van der Waals surface area contributed by atoms with Crippen LogP contribution in [-0.2, 0) is 14.8 Å². The number of rotatable bonds is 5. The number of piperidine rings is 2. The van der Waals surface area contributed by atoms with Crippen molar-refractivity contribution in [3.63, 3.8) is 0 Å². The Morgan fingerprint density at radius 1 is 0.969 bits per heavy atom. The fourth-order valence-corrected chi connectivity index (χ4v) is 7.83. The molecule has 9 heteroatoms. The minimum absolute atomic E-state index is 0.0742. The molecule has 3 fully saturated rings. The van der Waals surface area contributed by atoms with E-state index < -0.39 is 10.0 Å².